The number of carbonyl (C=O) groups excluding carboxylic acids is 1. The lowest BCUT2D eigenvalue weighted by atomic mass is 10.1. The van der Waals surface area contributed by atoms with Crippen LogP contribution in [0.2, 0.25) is 0 Å². The summed E-state index contributed by atoms with van der Waals surface area (Å²) in [5.74, 6) is -0.650. The van der Waals surface area contributed by atoms with Gasteiger partial charge in [-0.1, -0.05) is 29.5 Å². The van der Waals surface area contributed by atoms with Crippen molar-refractivity contribution in [3.63, 3.8) is 0 Å². The van der Waals surface area contributed by atoms with Crippen molar-refractivity contribution in [3.05, 3.63) is 99.8 Å². The maximum atomic E-state index is 13.5. The van der Waals surface area contributed by atoms with Crippen molar-refractivity contribution >= 4 is 39.0 Å². The second kappa shape index (κ2) is 8.24. The summed E-state index contributed by atoms with van der Waals surface area (Å²) in [7, 11) is 0. The van der Waals surface area contributed by atoms with Crippen molar-refractivity contribution in [1.29, 1.82) is 0 Å². The van der Waals surface area contributed by atoms with E-state index in [-0.39, 0.29) is 21.5 Å². The molecule has 162 valence electrons. The molecule has 0 spiro atoms. The fraction of sp³-hybridized carbons (Fsp3) is 0. The molecule has 1 N–H and O–H groups in total. The van der Waals surface area contributed by atoms with Gasteiger partial charge in [-0.05, 0) is 48.5 Å². The average molecular weight is 459 g/mol. The number of pyridine rings is 1. The molecule has 3 heterocycles. The van der Waals surface area contributed by atoms with Crippen LogP contribution >= 0.6 is 11.3 Å². The monoisotopic (exact) mass is 459 g/mol. The molecule has 3 aromatic heterocycles. The Balaban J connectivity index is 1.63. The Bertz CT molecular complexity index is 1500. The lowest BCUT2D eigenvalue weighted by Crippen LogP contribution is -2.12. The third-order valence-corrected chi connectivity index (χ3v) is 5.97. The number of carbonyl (C=O) groups is 1. The van der Waals surface area contributed by atoms with Crippen LogP contribution in [0.25, 0.3) is 27.8 Å². The number of nitrogens with one attached hydrogen (secondary N) is 1. The minimum atomic E-state index is -0.545. The van der Waals surface area contributed by atoms with Crippen LogP contribution in [-0.4, -0.2) is 25.6 Å². The van der Waals surface area contributed by atoms with Crippen LogP contribution < -0.4 is 5.32 Å². The molecule has 5 aromatic rings. The van der Waals surface area contributed by atoms with Crippen LogP contribution in [0.1, 0.15) is 9.67 Å². The molecule has 0 aliphatic carbocycles. The fourth-order valence-electron chi connectivity index (χ4n) is 3.38. The molecule has 8 nitrogen and oxygen atoms in total. The summed E-state index contributed by atoms with van der Waals surface area (Å²) in [5, 5.41) is 18.6. The largest absolute Gasteiger partial charge is 0.324 e. The number of nitro groups is 1. The third kappa shape index (κ3) is 3.94. The topological polar surface area (TPSA) is 103 Å². The van der Waals surface area contributed by atoms with Crippen molar-refractivity contribution < 1.29 is 14.1 Å². The molecule has 0 saturated heterocycles. The van der Waals surface area contributed by atoms with E-state index in [0.717, 1.165) is 17.0 Å². The van der Waals surface area contributed by atoms with Crippen LogP contribution in [0.5, 0.6) is 0 Å². The molecule has 10 heteroatoms. The fourth-order valence-corrected chi connectivity index (χ4v) is 4.09. The summed E-state index contributed by atoms with van der Waals surface area (Å²) in [4.78, 5) is 28.0. The maximum Gasteiger partial charge on any atom is 0.324 e. The Morgan fingerprint density at radius 1 is 1.06 bits per heavy atom. The summed E-state index contributed by atoms with van der Waals surface area (Å²) in [6.07, 6.45) is 1.59. The second-order valence-electron chi connectivity index (χ2n) is 7.04. The normalized spacial score (nSPS) is 10.9. The zero-order chi connectivity index (χ0) is 22.9. The maximum absolute atomic E-state index is 13.5. The van der Waals surface area contributed by atoms with E-state index in [0.29, 0.717) is 22.2 Å². The van der Waals surface area contributed by atoms with E-state index in [9.17, 15) is 19.3 Å². The molecule has 1 amide bonds. The standard InChI is InChI=1S/C23H14FN5O3S/c24-15-8-6-14(7-9-15)18-12-19-17(13-25-28(19)16-4-2-1-3-5-16)22(26-18)27-23(30)20-10-11-21(33-20)29(31)32/h1-13H,(H,26,27,30). The van der Waals surface area contributed by atoms with Gasteiger partial charge in [-0.25, -0.2) is 14.1 Å². The SMILES string of the molecule is O=C(Nc1nc(-c2ccc(F)cc2)cc2c1cnn2-c1ccccc1)c1ccc([N+](=O)[O-])s1. The van der Waals surface area contributed by atoms with Gasteiger partial charge in [0, 0.05) is 11.6 Å². The number of halogens is 1. The van der Waals surface area contributed by atoms with Crippen LogP contribution in [0, 0.1) is 15.9 Å². The number of rotatable bonds is 5. The number of hydrogen-bond acceptors (Lipinski definition) is 6. The molecule has 5 rings (SSSR count). The number of amides is 1. The third-order valence-electron chi connectivity index (χ3n) is 4.94. The molecular weight excluding hydrogens is 445 g/mol. The average Bonchev–Trinajstić information content (AvgIpc) is 3.48. The zero-order valence-corrected chi connectivity index (χ0v) is 17.6. The molecular formula is C23H14FN5O3S. The predicted octanol–water partition coefficient (Wildman–Crippen LogP) is 5.45. The minimum Gasteiger partial charge on any atom is -0.305 e. The molecule has 0 radical (unpaired) electrons. The van der Waals surface area contributed by atoms with Crippen LogP contribution in [0.15, 0.2) is 79.0 Å². The van der Waals surface area contributed by atoms with Crippen molar-refractivity contribution in [2.45, 2.75) is 0 Å². The van der Waals surface area contributed by atoms with Gasteiger partial charge in [0.05, 0.1) is 38.3 Å². The number of benzene rings is 2. The van der Waals surface area contributed by atoms with Gasteiger partial charge in [0.15, 0.2) is 0 Å². The summed E-state index contributed by atoms with van der Waals surface area (Å²) in [5.41, 5.74) is 2.66. The molecule has 33 heavy (non-hydrogen) atoms. The smallest absolute Gasteiger partial charge is 0.305 e. The van der Waals surface area contributed by atoms with E-state index in [1.807, 2.05) is 36.4 Å². The second-order valence-corrected chi connectivity index (χ2v) is 8.10. The van der Waals surface area contributed by atoms with Crippen LogP contribution in [0.3, 0.4) is 0 Å². The first-order valence-electron chi connectivity index (χ1n) is 9.75. The Morgan fingerprint density at radius 2 is 1.82 bits per heavy atom. The van der Waals surface area contributed by atoms with Crippen molar-refractivity contribution in [2.75, 3.05) is 5.32 Å². The number of hydrogen-bond donors (Lipinski definition) is 1. The van der Waals surface area contributed by atoms with Crippen molar-refractivity contribution in [3.8, 4) is 16.9 Å². The predicted molar refractivity (Wildman–Crippen MR) is 123 cm³/mol. The van der Waals surface area contributed by atoms with Gasteiger partial charge in [0.1, 0.15) is 11.6 Å². The van der Waals surface area contributed by atoms with E-state index in [1.54, 1.807) is 23.0 Å². The number of para-hydroxylation sites is 1. The van der Waals surface area contributed by atoms with Crippen molar-refractivity contribution in [2.24, 2.45) is 0 Å². The molecule has 0 saturated carbocycles. The Kier molecular flexibility index (Phi) is 5.11. The Labute approximate surface area is 190 Å². The first-order valence-corrected chi connectivity index (χ1v) is 10.6. The number of thiophene rings is 1. The summed E-state index contributed by atoms with van der Waals surface area (Å²) in [6, 6.07) is 19.8. The Morgan fingerprint density at radius 3 is 2.52 bits per heavy atom. The van der Waals surface area contributed by atoms with Crippen LogP contribution in [-0.2, 0) is 0 Å². The number of fused-ring (bicyclic) bond motifs is 1. The van der Waals surface area contributed by atoms with Gasteiger partial charge in [-0.15, -0.1) is 0 Å². The van der Waals surface area contributed by atoms with Gasteiger partial charge in [0.2, 0.25) is 0 Å². The highest BCUT2D eigenvalue weighted by atomic mass is 32.1. The first-order chi connectivity index (χ1) is 16.0. The number of anilines is 1. The van der Waals surface area contributed by atoms with E-state index >= 15 is 0 Å². The molecule has 0 fully saturated rings. The quantitative estimate of drug-likeness (QED) is 0.278. The number of aromatic nitrogens is 3. The molecule has 0 atom stereocenters. The lowest BCUT2D eigenvalue weighted by molar-refractivity contribution is -0.380. The summed E-state index contributed by atoms with van der Waals surface area (Å²) in [6.45, 7) is 0. The van der Waals surface area contributed by atoms with Gasteiger partial charge in [-0.2, -0.15) is 5.10 Å². The van der Waals surface area contributed by atoms with Gasteiger partial charge >= 0.3 is 5.00 Å². The van der Waals surface area contributed by atoms with E-state index in [2.05, 4.69) is 15.4 Å². The van der Waals surface area contributed by atoms with Gasteiger partial charge in [0.25, 0.3) is 5.91 Å². The Hall–Kier alpha value is -4.44. The lowest BCUT2D eigenvalue weighted by Gasteiger charge is -2.10. The zero-order valence-electron chi connectivity index (χ0n) is 16.8. The van der Waals surface area contributed by atoms with Gasteiger partial charge in [-0.3, -0.25) is 14.9 Å². The first kappa shape index (κ1) is 20.5. The number of nitrogens with zero attached hydrogens (tertiary/aromatic N) is 4. The minimum absolute atomic E-state index is 0.129. The summed E-state index contributed by atoms with van der Waals surface area (Å²) >= 11 is 0.777. The molecule has 0 aliphatic heterocycles. The summed E-state index contributed by atoms with van der Waals surface area (Å²) < 4.78 is 15.2. The van der Waals surface area contributed by atoms with E-state index in [4.69, 9.17) is 0 Å². The highest BCUT2D eigenvalue weighted by molar-refractivity contribution is 7.17. The highest BCUT2D eigenvalue weighted by Crippen LogP contribution is 2.31. The van der Waals surface area contributed by atoms with Crippen molar-refractivity contribution in [1.82, 2.24) is 14.8 Å². The van der Waals surface area contributed by atoms with Crippen LogP contribution in [0.4, 0.5) is 15.2 Å². The molecule has 2 aromatic carbocycles. The molecule has 0 unspecified atom stereocenters. The van der Waals surface area contributed by atoms with E-state index in [1.165, 1.54) is 24.3 Å². The van der Waals surface area contributed by atoms with Gasteiger partial charge < -0.3 is 5.32 Å². The highest BCUT2D eigenvalue weighted by Gasteiger charge is 2.19. The molecule has 0 aliphatic rings. The molecule has 0 bridgehead atoms. The van der Waals surface area contributed by atoms with E-state index < -0.39 is 10.8 Å².